The minimum atomic E-state index is -3.73. The van der Waals surface area contributed by atoms with E-state index in [0.717, 1.165) is 12.8 Å². The van der Waals surface area contributed by atoms with Gasteiger partial charge in [0.25, 0.3) is 0 Å². The molecular weight excluding hydrogens is 278 g/mol. The van der Waals surface area contributed by atoms with Gasteiger partial charge < -0.3 is 11.1 Å². The van der Waals surface area contributed by atoms with Gasteiger partial charge in [0.2, 0.25) is 15.9 Å². The van der Waals surface area contributed by atoms with Crippen LogP contribution in [-0.4, -0.2) is 26.9 Å². The first-order valence-corrected chi connectivity index (χ1v) is 8.08. The molecule has 0 aliphatic heterocycles. The summed E-state index contributed by atoms with van der Waals surface area (Å²) in [6.07, 6.45) is 2.51. The highest BCUT2D eigenvalue weighted by Crippen LogP contribution is 2.20. The van der Waals surface area contributed by atoms with Gasteiger partial charge in [-0.15, -0.1) is 0 Å². The van der Waals surface area contributed by atoms with Crippen LogP contribution in [-0.2, 0) is 21.2 Å². The van der Waals surface area contributed by atoms with E-state index in [1.54, 1.807) is 12.1 Å². The fourth-order valence-corrected chi connectivity index (χ4v) is 3.18. The summed E-state index contributed by atoms with van der Waals surface area (Å²) in [6.45, 7) is 1.61. The van der Waals surface area contributed by atoms with Crippen LogP contribution in [0.2, 0.25) is 0 Å². The normalized spacial score (nSPS) is 15.1. The van der Waals surface area contributed by atoms with E-state index in [1.165, 1.54) is 6.07 Å². The third-order valence-electron chi connectivity index (χ3n) is 3.13. The number of nitrogens with two attached hydrogens (primary N) is 1. The van der Waals surface area contributed by atoms with Crippen molar-refractivity contribution in [3.8, 4) is 0 Å². The molecule has 6 nitrogen and oxygen atoms in total. The van der Waals surface area contributed by atoms with E-state index >= 15 is 0 Å². The highest BCUT2D eigenvalue weighted by molar-refractivity contribution is 7.89. The summed E-state index contributed by atoms with van der Waals surface area (Å²) in [4.78, 5) is 11.7. The van der Waals surface area contributed by atoms with Crippen LogP contribution in [0.25, 0.3) is 0 Å². The van der Waals surface area contributed by atoms with Gasteiger partial charge in [0.15, 0.2) is 0 Å². The Bertz CT molecular complexity index is 609. The number of hydrogen-bond donors (Lipinski definition) is 3. The van der Waals surface area contributed by atoms with Crippen LogP contribution in [0.4, 0.5) is 5.69 Å². The van der Waals surface area contributed by atoms with Crippen molar-refractivity contribution >= 4 is 21.6 Å². The number of rotatable bonds is 6. The summed E-state index contributed by atoms with van der Waals surface area (Å²) in [5.74, 6) is -0.307. The Labute approximate surface area is 118 Å². The second-order valence-corrected chi connectivity index (χ2v) is 6.62. The minimum absolute atomic E-state index is 0.138. The zero-order valence-corrected chi connectivity index (χ0v) is 12.2. The first kappa shape index (κ1) is 14.8. The van der Waals surface area contributed by atoms with Gasteiger partial charge in [-0.3, -0.25) is 4.79 Å². The maximum absolute atomic E-state index is 12.2. The minimum Gasteiger partial charge on any atom is -0.399 e. The van der Waals surface area contributed by atoms with Crippen molar-refractivity contribution in [3.05, 3.63) is 23.8 Å². The lowest BCUT2D eigenvalue weighted by Gasteiger charge is -2.11. The van der Waals surface area contributed by atoms with Crippen molar-refractivity contribution in [1.82, 2.24) is 10.0 Å². The standard InChI is InChI=1S/C13H19N3O3S/c1-2-9-3-4-10(14)7-12(9)20(18,19)15-8-13(17)16-11-5-6-11/h3-4,7,11,15H,2,5-6,8,14H2,1H3,(H,16,17). The van der Waals surface area contributed by atoms with E-state index in [2.05, 4.69) is 10.0 Å². The molecule has 1 saturated carbocycles. The smallest absolute Gasteiger partial charge is 0.241 e. The van der Waals surface area contributed by atoms with Gasteiger partial charge in [0.05, 0.1) is 11.4 Å². The molecule has 0 radical (unpaired) electrons. The van der Waals surface area contributed by atoms with Gasteiger partial charge in [0.1, 0.15) is 0 Å². The zero-order chi connectivity index (χ0) is 14.8. The quantitative estimate of drug-likeness (QED) is 0.661. The number of hydrogen-bond acceptors (Lipinski definition) is 4. The molecule has 7 heteroatoms. The van der Waals surface area contributed by atoms with E-state index in [0.29, 0.717) is 17.7 Å². The first-order valence-electron chi connectivity index (χ1n) is 6.60. The Morgan fingerprint density at radius 2 is 2.10 bits per heavy atom. The molecule has 1 fully saturated rings. The summed E-state index contributed by atoms with van der Waals surface area (Å²) < 4.78 is 26.8. The summed E-state index contributed by atoms with van der Waals surface area (Å²) in [6, 6.07) is 4.98. The average molecular weight is 297 g/mol. The molecule has 0 bridgehead atoms. The van der Waals surface area contributed by atoms with Gasteiger partial charge in [0, 0.05) is 11.7 Å². The van der Waals surface area contributed by atoms with Crippen LogP contribution in [0, 0.1) is 0 Å². The van der Waals surface area contributed by atoms with Gasteiger partial charge in [-0.1, -0.05) is 13.0 Å². The summed E-state index contributed by atoms with van der Waals surface area (Å²) in [5, 5.41) is 2.73. The number of carbonyl (C=O) groups is 1. The fourth-order valence-electron chi connectivity index (χ4n) is 1.86. The molecule has 0 heterocycles. The molecule has 0 aromatic heterocycles. The second-order valence-electron chi connectivity index (χ2n) is 4.89. The maximum Gasteiger partial charge on any atom is 0.241 e. The van der Waals surface area contributed by atoms with Gasteiger partial charge in [-0.05, 0) is 37.0 Å². The second kappa shape index (κ2) is 5.80. The molecule has 110 valence electrons. The summed E-state index contributed by atoms with van der Waals surface area (Å²) in [5.41, 5.74) is 6.69. The molecular formula is C13H19N3O3S. The van der Waals surface area contributed by atoms with Crippen LogP contribution in [0.1, 0.15) is 25.3 Å². The van der Waals surface area contributed by atoms with Gasteiger partial charge in [-0.2, -0.15) is 0 Å². The van der Waals surface area contributed by atoms with Crippen LogP contribution in [0.3, 0.4) is 0 Å². The van der Waals surface area contributed by atoms with E-state index in [9.17, 15) is 13.2 Å². The molecule has 0 spiro atoms. The van der Waals surface area contributed by atoms with Gasteiger partial charge >= 0.3 is 0 Å². The molecule has 1 aliphatic rings. The lowest BCUT2D eigenvalue weighted by Crippen LogP contribution is -2.38. The van der Waals surface area contributed by atoms with E-state index in [4.69, 9.17) is 5.73 Å². The molecule has 1 aromatic carbocycles. The van der Waals surface area contributed by atoms with Crippen molar-refractivity contribution in [3.63, 3.8) is 0 Å². The van der Waals surface area contributed by atoms with E-state index in [-0.39, 0.29) is 23.4 Å². The number of nitrogen functional groups attached to an aromatic ring is 1. The lowest BCUT2D eigenvalue weighted by molar-refractivity contribution is -0.120. The summed E-state index contributed by atoms with van der Waals surface area (Å²) in [7, 11) is -3.73. The van der Waals surface area contributed by atoms with Crippen molar-refractivity contribution in [2.45, 2.75) is 37.1 Å². The van der Waals surface area contributed by atoms with Crippen LogP contribution >= 0.6 is 0 Å². The number of carbonyl (C=O) groups excluding carboxylic acids is 1. The Morgan fingerprint density at radius 1 is 1.40 bits per heavy atom. The van der Waals surface area contributed by atoms with Crippen LogP contribution in [0.15, 0.2) is 23.1 Å². The highest BCUT2D eigenvalue weighted by atomic mass is 32.2. The molecule has 1 aliphatic carbocycles. The Kier molecular flexibility index (Phi) is 4.29. The first-order chi connectivity index (χ1) is 9.42. The Morgan fingerprint density at radius 3 is 2.70 bits per heavy atom. The third-order valence-corrected chi connectivity index (χ3v) is 4.61. The SMILES string of the molecule is CCc1ccc(N)cc1S(=O)(=O)NCC(=O)NC1CC1. The van der Waals surface area contributed by atoms with Crippen molar-refractivity contribution in [1.29, 1.82) is 0 Å². The van der Waals surface area contributed by atoms with Crippen LogP contribution in [0.5, 0.6) is 0 Å². The zero-order valence-electron chi connectivity index (χ0n) is 11.3. The molecule has 2 rings (SSSR count). The third kappa shape index (κ3) is 3.71. The largest absolute Gasteiger partial charge is 0.399 e. The number of nitrogens with one attached hydrogen (secondary N) is 2. The fraction of sp³-hybridized carbons (Fsp3) is 0.462. The molecule has 1 amide bonds. The van der Waals surface area contributed by atoms with E-state index < -0.39 is 10.0 Å². The number of aryl methyl sites for hydroxylation is 1. The molecule has 0 unspecified atom stereocenters. The maximum atomic E-state index is 12.2. The molecule has 4 N–H and O–H groups in total. The Hall–Kier alpha value is -1.60. The molecule has 20 heavy (non-hydrogen) atoms. The topological polar surface area (TPSA) is 101 Å². The molecule has 1 aromatic rings. The van der Waals surface area contributed by atoms with Crippen LogP contribution < -0.4 is 15.8 Å². The van der Waals surface area contributed by atoms with E-state index in [1.807, 2.05) is 6.92 Å². The number of benzene rings is 1. The predicted octanol–water partition coefficient (Wildman–Crippen LogP) is 0.388. The van der Waals surface area contributed by atoms with Crippen molar-refractivity contribution in [2.75, 3.05) is 12.3 Å². The number of sulfonamides is 1. The monoisotopic (exact) mass is 297 g/mol. The Balaban J connectivity index is 2.08. The van der Waals surface area contributed by atoms with Crippen molar-refractivity contribution < 1.29 is 13.2 Å². The number of anilines is 1. The predicted molar refractivity (Wildman–Crippen MR) is 76.6 cm³/mol. The van der Waals surface area contributed by atoms with Gasteiger partial charge in [-0.25, -0.2) is 13.1 Å². The summed E-state index contributed by atoms with van der Waals surface area (Å²) >= 11 is 0. The van der Waals surface area contributed by atoms with Crippen molar-refractivity contribution in [2.24, 2.45) is 0 Å². The number of amides is 1. The highest BCUT2D eigenvalue weighted by Gasteiger charge is 2.24. The average Bonchev–Trinajstić information content (AvgIpc) is 3.20. The molecule has 0 saturated heterocycles. The lowest BCUT2D eigenvalue weighted by atomic mass is 10.1. The molecule has 0 atom stereocenters.